The Morgan fingerprint density at radius 1 is 1.18 bits per heavy atom. The van der Waals surface area contributed by atoms with Gasteiger partial charge >= 0.3 is 0 Å². The van der Waals surface area contributed by atoms with E-state index in [-0.39, 0.29) is 17.5 Å². The van der Waals surface area contributed by atoms with Crippen LogP contribution in [0.2, 0.25) is 0 Å². The third kappa shape index (κ3) is 2.70. The number of amides is 1. The van der Waals surface area contributed by atoms with Gasteiger partial charge in [0.05, 0.1) is 16.9 Å². The third-order valence-electron chi connectivity index (χ3n) is 5.31. The van der Waals surface area contributed by atoms with Gasteiger partial charge < -0.3 is 10.3 Å². The van der Waals surface area contributed by atoms with Crippen LogP contribution in [0, 0.1) is 3.95 Å². The van der Waals surface area contributed by atoms with E-state index in [0.717, 1.165) is 19.3 Å². The molecule has 140 valence electrons. The number of aryl methyl sites for hydroxylation is 1. The van der Waals surface area contributed by atoms with Crippen LogP contribution in [0.4, 0.5) is 0 Å². The third-order valence-corrected chi connectivity index (χ3v) is 6.69. The molecule has 2 aromatic heterocycles. The monoisotopic (exact) mass is 407 g/mol. The number of aromatic nitrogens is 2. The van der Waals surface area contributed by atoms with Gasteiger partial charge in [0.15, 0.2) is 3.95 Å². The van der Waals surface area contributed by atoms with Crippen LogP contribution in [0.1, 0.15) is 39.7 Å². The fourth-order valence-electron chi connectivity index (χ4n) is 4.02. The minimum atomic E-state index is -0.222. The molecule has 2 heterocycles. The molecule has 0 radical (unpaired) electrons. The van der Waals surface area contributed by atoms with Crippen LogP contribution in [0.25, 0.3) is 16.6 Å². The summed E-state index contributed by atoms with van der Waals surface area (Å²) in [4.78, 5) is 28.9. The van der Waals surface area contributed by atoms with Crippen LogP contribution in [0.5, 0.6) is 0 Å². The number of nitrogens with one attached hydrogen (secondary N) is 2. The minimum Gasteiger partial charge on any atom is -0.344 e. The minimum absolute atomic E-state index is 0.0275. The summed E-state index contributed by atoms with van der Waals surface area (Å²) >= 11 is 6.74. The Labute approximate surface area is 169 Å². The first-order chi connectivity index (χ1) is 13.6. The molecule has 4 aromatic rings. The summed E-state index contributed by atoms with van der Waals surface area (Å²) < 4.78 is 2.32. The number of hydrogen-bond donors (Lipinski definition) is 2. The summed E-state index contributed by atoms with van der Waals surface area (Å²) in [6.07, 6.45) is 2.98. The number of nitrogens with zero attached hydrogens (tertiary/aromatic N) is 1. The molecule has 0 bridgehead atoms. The van der Waals surface area contributed by atoms with E-state index in [4.69, 9.17) is 12.2 Å². The highest BCUT2D eigenvalue weighted by Gasteiger charge is 2.24. The van der Waals surface area contributed by atoms with Gasteiger partial charge in [0.2, 0.25) is 0 Å². The van der Waals surface area contributed by atoms with Crippen molar-refractivity contribution < 1.29 is 4.79 Å². The topological polar surface area (TPSA) is 66.4 Å². The molecule has 0 aliphatic heterocycles. The summed E-state index contributed by atoms with van der Waals surface area (Å²) in [7, 11) is 0. The molecule has 0 saturated carbocycles. The summed E-state index contributed by atoms with van der Waals surface area (Å²) in [6.45, 7) is 0. The summed E-state index contributed by atoms with van der Waals surface area (Å²) in [5, 5.41) is 3.71. The Kier molecular flexibility index (Phi) is 4.14. The average molecular weight is 408 g/mol. The molecule has 1 atom stereocenters. The number of carbonyl (C=O) groups excluding carboxylic acids is 1. The van der Waals surface area contributed by atoms with E-state index in [1.165, 1.54) is 22.5 Å². The van der Waals surface area contributed by atoms with Gasteiger partial charge in [-0.3, -0.25) is 14.0 Å². The van der Waals surface area contributed by atoms with Gasteiger partial charge in [-0.25, -0.2) is 0 Å². The molecule has 0 saturated heterocycles. The van der Waals surface area contributed by atoms with E-state index in [1.807, 2.05) is 30.3 Å². The van der Waals surface area contributed by atoms with Crippen molar-refractivity contribution >= 4 is 46.0 Å². The predicted molar refractivity (Wildman–Crippen MR) is 114 cm³/mol. The van der Waals surface area contributed by atoms with Gasteiger partial charge in [-0.15, -0.1) is 0 Å². The summed E-state index contributed by atoms with van der Waals surface area (Å²) in [5.74, 6) is -0.203. The second-order valence-electron chi connectivity index (χ2n) is 6.97. The number of benzene rings is 2. The van der Waals surface area contributed by atoms with Crippen LogP contribution in [-0.2, 0) is 6.42 Å². The zero-order chi connectivity index (χ0) is 19.3. The standard InChI is InChI=1S/C21H17N3O2S2/c25-19-14-9-3-4-11-16(14)24-18(23-19)17(28-21(24)27)20(26)22-15-10-5-7-12-6-1-2-8-13(12)15/h1-4,6,8-9,11,15H,5,7,10H2,(H,22,26)(H,23,25). The second-order valence-corrected chi connectivity index (χ2v) is 8.61. The molecule has 2 aromatic carbocycles. The molecule has 1 unspecified atom stereocenters. The van der Waals surface area contributed by atoms with Crippen LogP contribution < -0.4 is 10.9 Å². The Bertz CT molecular complexity index is 1350. The second kappa shape index (κ2) is 6.68. The van der Waals surface area contributed by atoms with Crippen molar-refractivity contribution in [1.82, 2.24) is 14.7 Å². The average Bonchev–Trinajstić information content (AvgIpc) is 3.05. The zero-order valence-corrected chi connectivity index (χ0v) is 16.5. The van der Waals surface area contributed by atoms with Crippen LogP contribution in [0.3, 0.4) is 0 Å². The number of rotatable bonds is 2. The van der Waals surface area contributed by atoms with Crippen molar-refractivity contribution in [3.8, 4) is 0 Å². The molecule has 0 fully saturated rings. The molecular formula is C21H17N3O2S2. The summed E-state index contributed by atoms with van der Waals surface area (Å²) in [5.41, 5.74) is 3.41. The smallest absolute Gasteiger partial charge is 0.265 e. The lowest BCUT2D eigenvalue weighted by atomic mass is 9.88. The highest BCUT2D eigenvalue weighted by Crippen LogP contribution is 2.30. The highest BCUT2D eigenvalue weighted by molar-refractivity contribution is 7.73. The van der Waals surface area contributed by atoms with Gasteiger partial charge in [0.1, 0.15) is 10.5 Å². The van der Waals surface area contributed by atoms with Gasteiger partial charge in [-0.2, -0.15) is 0 Å². The van der Waals surface area contributed by atoms with Gasteiger partial charge in [0.25, 0.3) is 11.5 Å². The molecule has 7 heteroatoms. The van der Waals surface area contributed by atoms with E-state index >= 15 is 0 Å². The molecule has 1 aliphatic rings. The van der Waals surface area contributed by atoms with Gasteiger partial charge in [-0.05, 0) is 54.7 Å². The van der Waals surface area contributed by atoms with Crippen LogP contribution in [0.15, 0.2) is 53.3 Å². The van der Waals surface area contributed by atoms with Crippen molar-refractivity contribution in [2.45, 2.75) is 25.3 Å². The summed E-state index contributed by atoms with van der Waals surface area (Å²) in [6, 6.07) is 15.5. The Morgan fingerprint density at radius 2 is 1.96 bits per heavy atom. The quantitative estimate of drug-likeness (QED) is 0.485. The normalized spacial score (nSPS) is 16.2. The van der Waals surface area contributed by atoms with Crippen molar-refractivity contribution in [1.29, 1.82) is 0 Å². The molecule has 2 N–H and O–H groups in total. The zero-order valence-electron chi connectivity index (χ0n) is 14.9. The molecule has 28 heavy (non-hydrogen) atoms. The molecule has 1 amide bonds. The van der Waals surface area contributed by atoms with Crippen molar-refractivity contribution in [2.24, 2.45) is 0 Å². The van der Waals surface area contributed by atoms with Crippen molar-refractivity contribution in [3.63, 3.8) is 0 Å². The number of H-pyrrole nitrogens is 1. The van der Waals surface area contributed by atoms with E-state index in [0.29, 0.717) is 25.4 Å². The lowest BCUT2D eigenvalue weighted by Gasteiger charge is -2.26. The predicted octanol–water partition coefficient (Wildman–Crippen LogP) is 4.38. The molecule has 5 nitrogen and oxygen atoms in total. The first-order valence-electron chi connectivity index (χ1n) is 9.19. The number of hydrogen-bond acceptors (Lipinski definition) is 4. The SMILES string of the molecule is O=C(NC1CCCc2ccccc21)c1sc(=S)n2c1[nH]c(=O)c1ccccc12. The Morgan fingerprint density at radius 3 is 2.86 bits per heavy atom. The molecule has 1 aliphatic carbocycles. The number of fused-ring (bicyclic) bond motifs is 4. The molecule has 5 rings (SSSR count). The lowest BCUT2D eigenvalue weighted by Crippen LogP contribution is -2.30. The molecular weight excluding hydrogens is 390 g/mol. The van der Waals surface area contributed by atoms with Gasteiger partial charge in [0, 0.05) is 0 Å². The number of carbonyl (C=O) groups is 1. The van der Waals surface area contributed by atoms with Gasteiger partial charge in [-0.1, -0.05) is 47.7 Å². The van der Waals surface area contributed by atoms with Crippen molar-refractivity contribution in [3.05, 3.63) is 78.8 Å². The largest absolute Gasteiger partial charge is 0.344 e. The van der Waals surface area contributed by atoms with E-state index < -0.39 is 0 Å². The fraction of sp³-hybridized carbons (Fsp3) is 0.190. The van der Waals surface area contributed by atoms with E-state index in [2.05, 4.69) is 22.4 Å². The maximum Gasteiger partial charge on any atom is 0.265 e. The number of para-hydroxylation sites is 1. The van der Waals surface area contributed by atoms with Crippen LogP contribution in [-0.4, -0.2) is 15.3 Å². The van der Waals surface area contributed by atoms with Crippen LogP contribution >= 0.6 is 23.6 Å². The fourth-order valence-corrected chi connectivity index (χ4v) is 5.31. The molecule has 0 spiro atoms. The maximum atomic E-state index is 13.1. The Hall–Kier alpha value is -2.77. The highest BCUT2D eigenvalue weighted by atomic mass is 32.1. The Balaban J connectivity index is 1.60. The van der Waals surface area contributed by atoms with Crippen molar-refractivity contribution in [2.75, 3.05) is 0 Å². The van der Waals surface area contributed by atoms with E-state index in [1.54, 1.807) is 10.5 Å². The first-order valence-corrected chi connectivity index (χ1v) is 10.4. The first kappa shape index (κ1) is 17.3. The lowest BCUT2D eigenvalue weighted by molar-refractivity contribution is 0.0938. The maximum absolute atomic E-state index is 13.1. The number of thiazole rings is 1. The van der Waals surface area contributed by atoms with E-state index in [9.17, 15) is 9.59 Å². The number of aromatic amines is 1.